The first-order valence-corrected chi connectivity index (χ1v) is 11.5. The lowest BCUT2D eigenvalue weighted by Crippen LogP contribution is -2.47. The molecule has 0 spiro atoms. The summed E-state index contributed by atoms with van der Waals surface area (Å²) in [4.78, 5) is 25.3. The second-order valence-electron chi connectivity index (χ2n) is 7.99. The Labute approximate surface area is 195 Å². The molecule has 2 aliphatic heterocycles. The molecule has 0 radical (unpaired) electrons. The van der Waals surface area contributed by atoms with E-state index in [0.717, 1.165) is 28.2 Å². The summed E-state index contributed by atoms with van der Waals surface area (Å²) in [7, 11) is 1.64. The molecule has 0 aliphatic carbocycles. The van der Waals surface area contributed by atoms with Crippen LogP contribution >= 0.6 is 0 Å². The monoisotopic (exact) mass is 466 g/mol. The highest BCUT2D eigenvalue weighted by molar-refractivity contribution is 5.88. The van der Waals surface area contributed by atoms with Crippen LogP contribution in [0.25, 0.3) is 0 Å². The Balaban J connectivity index is 0.00000187. The summed E-state index contributed by atoms with van der Waals surface area (Å²) in [6.07, 6.45) is 1.99. The minimum Gasteiger partial charge on any atom is -0.417 e. The number of likely N-dealkylation sites (tertiary alicyclic amines) is 1. The van der Waals surface area contributed by atoms with Crippen LogP contribution in [0.4, 0.5) is 8.78 Å². The maximum atomic E-state index is 12.8. The van der Waals surface area contributed by atoms with Gasteiger partial charge in [0, 0.05) is 57.4 Å². The van der Waals surface area contributed by atoms with E-state index in [4.69, 9.17) is 4.74 Å². The van der Waals surface area contributed by atoms with Gasteiger partial charge in [-0.15, -0.1) is 0 Å². The van der Waals surface area contributed by atoms with Gasteiger partial charge in [0.15, 0.2) is 0 Å². The van der Waals surface area contributed by atoms with Crippen molar-refractivity contribution in [1.29, 1.82) is 0 Å². The van der Waals surface area contributed by atoms with Gasteiger partial charge in [-0.2, -0.15) is 8.78 Å². The number of aryl methyl sites for hydroxylation is 1. The molecule has 0 unspecified atom stereocenters. The number of pyridine rings is 1. The van der Waals surface area contributed by atoms with Crippen LogP contribution in [0.5, 0.6) is 0 Å². The first kappa shape index (κ1) is 26.7. The Morgan fingerprint density at radius 2 is 2.00 bits per heavy atom. The minimum atomic E-state index is -2.90. The van der Waals surface area contributed by atoms with E-state index >= 15 is 0 Å². The fourth-order valence-electron chi connectivity index (χ4n) is 4.01. The number of ether oxygens (including phenoxy) is 2. The number of aromatic nitrogens is 1. The largest absolute Gasteiger partial charge is 0.417 e. The number of nitrogens with zero attached hydrogens (tertiary/aromatic N) is 4. The normalized spacial score (nSPS) is 16.4. The quantitative estimate of drug-likeness (QED) is 0.422. The maximum absolute atomic E-state index is 12.8. The Kier molecular flexibility index (Phi) is 10.2. The summed E-state index contributed by atoms with van der Waals surface area (Å²) in [5, 5.41) is 0. The molecule has 33 heavy (non-hydrogen) atoms. The number of hydrogen-bond acceptors (Lipinski definition) is 6. The van der Waals surface area contributed by atoms with E-state index in [1.54, 1.807) is 14.0 Å². The van der Waals surface area contributed by atoms with E-state index in [1.165, 1.54) is 6.08 Å². The summed E-state index contributed by atoms with van der Waals surface area (Å²) >= 11 is 0. The van der Waals surface area contributed by atoms with E-state index in [9.17, 15) is 13.6 Å². The zero-order chi connectivity index (χ0) is 24.5. The Hall–Kier alpha value is -2.55. The van der Waals surface area contributed by atoms with Crippen molar-refractivity contribution in [2.75, 3.05) is 26.7 Å². The third-order valence-electron chi connectivity index (χ3n) is 5.60. The first-order valence-electron chi connectivity index (χ1n) is 11.5. The lowest BCUT2D eigenvalue weighted by atomic mass is 9.95. The van der Waals surface area contributed by atoms with Gasteiger partial charge in [0.1, 0.15) is 0 Å². The number of rotatable bonds is 8. The topological polar surface area (TPSA) is 67.3 Å². The number of halogens is 2. The number of amides is 1. The van der Waals surface area contributed by atoms with Crippen molar-refractivity contribution >= 4 is 11.8 Å². The van der Waals surface area contributed by atoms with Gasteiger partial charge in [-0.05, 0) is 38.0 Å². The zero-order valence-electron chi connectivity index (χ0n) is 20.5. The Bertz CT molecular complexity index is 868. The Morgan fingerprint density at radius 1 is 1.30 bits per heavy atom. The molecule has 184 valence electrons. The fraction of sp³-hybridized carbons (Fsp3) is 0.625. The van der Waals surface area contributed by atoms with Crippen molar-refractivity contribution in [3.8, 4) is 0 Å². The number of methoxy groups -OCH3 is 1. The van der Waals surface area contributed by atoms with Gasteiger partial charge in [0.25, 0.3) is 0 Å². The van der Waals surface area contributed by atoms with Gasteiger partial charge in [0.2, 0.25) is 11.8 Å². The van der Waals surface area contributed by atoms with Crippen molar-refractivity contribution in [3.63, 3.8) is 0 Å². The van der Waals surface area contributed by atoms with Gasteiger partial charge in [-0.3, -0.25) is 14.8 Å². The number of aliphatic imine (C=N–C) groups is 1. The van der Waals surface area contributed by atoms with Crippen LogP contribution in [-0.2, 0) is 34.0 Å². The van der Waals surface area contributed by atoms with E-state index in [-0.39, 0.29) is 17.7 Å². The van der Waals surface area contributed by atoms with E-state index in [2.05, 4.69) is 14.7 Å². The average Bonchev–Trinajstić information content (AvgIpc) is 3.16. The predicted octanol–water partition coefficient (Wildman–Crippen LogP) is 4.29. The molecule has 0 aromatic carbocycles. The predicted molar refractivity (Wildman–Crippen MR) is 124 cm³/mol. The number of carbonyl (C=O) groups is 1. The minimum absolute atomic E-state index is 0.0694. The molecule has 1 aromatic heterocycles. The summed E-state index contributed by atoms with van der Waals surface area (Å²) in [6.45, 7) is 10.1. The van der Waals surface area contributed by atoms with Crippen LogP contribution < -0.4 is 0 Å². The SMILES string of the molecule is CC.CCN=C(/C=C(\C)N1CC(CC(=O)N2Cc3nc(COC)cc(C)c3C2)C1)OC(F)F. The third kappa shape index (κ3) is 7.22. The molecule has 0 bridgehead atoms. The summed E-state index contributed by atoms with van der Waals surface area (Å²) in [5.74, 6) is 0.284. The average molecular weight is 467 g/mol. The molecule has 1 aromatic rings. The van der Waals surface area contributed by atoms with Gasteiger partial charge >= 0.3 is 6.61 Å². The summed E-state index contributed by atoms with van der Waals surface area (Å²) in [6, 6.07) is 2.02. The third-order valence-corrected chi connectivity index (χ3v) is 5.60. The van der Waals surface area contributed by atoms with Crippen molar-refractivity contribution in [1.82, 2.24) is 14.8 Å². The number of alkyl halides is 2. The van der Waals surface area contributed by atoms with Crippen molar-refractivity contribution in [3.05, 3.63) is 40.4 Å². The van der Waals surface area contributed by atoms with Crippen molar-refractivity contribution in [2.45, 2.75) is 67.3 Å². The first-order chi connectivity index (χ1) is 15.8. The van der Waals surface area contributed by atoms with E-state index in [1.807, 2.05) is 43.6 Å². The molecule has 7 nitrogen and oxygen atoms in total. The molecule has 0 atom stereocenters. The number of fused-ring (bicyclic) bond motifs is 1. The maximum Gasteiger partial charge on any atom is 0.388 e. The molecular weight excluding hydrogens is 430 g/mol. The molecule has 3 rings (SSSR count). The molecular formula is C24H36F2N4O3. The van der Waals surface area contributed by atoms with Gasteiger partial charge in [-0.25, -0.2) is 0 Å². The highest BCUT2D eigenvalue weighted by atomic mass is 19.3. The standard InChI is InChI=1S/C22H30F2N4O3.C2H6/c1-5-25-20(31-22(23)24)7-15(3)27-9-16(10-27)8-21(29)28-11-18-14(2)6-17(13-30-4)26-19(18)12-28;1-2/h6-7,16,22H,5,8-13H2,1-4H3;1-2H3/b15-7+,25-20?;. The molecule has 1 amide bonds. The van der Waals surface area contributed by atoms with Crippen LogP contribution in [0.3, 0.4) is 0 Å². The molecule has 2 aliphatic rings. The molecule has 1 saturated heterocycles. The second-order valence-corrected chi connectivity index (χ2v) is 7.99. The number of allylic oxidation sites excluding steroid dienone is 1. The van der Waals surface area contributed by atoms with Crippen molar-refractivity contribution < 1.29 is 23.0 Å². The molecule has 1 fully saturated rings. The lowest BCUT2D eigenvalue weighted by molar-refractivity contribution is -0.134. The fourth-order valence-corrected chi connectivity index (χ4v) is 4.01. The molecule has 0 N–H and O–H groups in total. The smallest absolute Gasteiger partial charge is 0.388 e. The summed E-state index contributed by atoms with van der Waals surface area (Å²) < 4.78 is 34.6. The highest BCUT2D eigenvalue weighted by Gasteiger charge is 2.33. The number of carbonyl (C=O) groups excluding carboxylic acids is 1. The van der Waals surface area contributed by atoms with E-state index < -0.39 is 6.61 Å². The lowest BCUT2D eigenvalue weighted by Gasteiger charge is -2.41. The van der Waals surface area contributed by atoms with Crippen LogP contribution in [-0.4, -0.2) is 59.9 Å². The van der Waals surface area contributed by atoms with Crippen molar-refractivity contribution in [2.24, 2.45) is 10.9 Å². The molecule has 9 heteroatoms. The number of hydrogen-bond donors (Lipinski definition) is 0. The van der Waals surface area contributed by atoms with Crippen LogP contribution in [0.2, 0.25) is 0 Å². The van der Waals surface area contributed by atoms with Gasteiger partial charge < -0.3 is 19.3 Å². The molecule has 0 saturated carbocycles. The Morgan fingerprint density at radius 3 is 2.61 bits per heavy atom. The van der Waals surface area contributed by atoms with Gasteiger partial charge in [0.05, 0.1) is 24.5 Å². The molecule has 3 heterocycles. The van der Waals surface area contributed by atoms with Crippen LogP contribution in [0.15, 0.2) is 22.8 Å². The van der Waals surface area contributed by atoms with Crippen LogP contribution in [0.1, 0.15) is 56.6 Å². The summed E-state index contributed by atoms with van der Waals surface area (Å²) in [5.41, 5.74) is 4.90. The van der Waals surface area contributed by atoms with Gasteiger partial charge in [-0.1, -0.05) is 13.8 Å². The second kappa shape index (κ2) is 12.6. The highest BCUT2D eigenvalue weighted by Crippen LogP contribution is 2.29. The van der Waals surface area contributed by atoms with E-state index in [0.29, 0.717) is 45.8 Å². The zero-order valence-corrected chi connectivity index (χ0v) is 20.5. The van der Waals surface area contributed by atoms with Crippen LogP contribution in [0, 0.1) is 12.8 Å².